The number of rotatable bonds is 9. The van der Waals surface area contributed by atoms with Crippen molar-refractivity contribution >= 4 is 6.41 Å². The normalized spacial score (nSPS) is 10.4. The third kappa shape index (κ3) is 7.78. The molecule has 0 aliphatic rings. The molecule has 3 heteroatoms. The molecule has 0 saturated carbocycles. The molecule has 0 heterocycles. The number of nitrogens with zero attached hydrogens (tertiary/aromatic N) is 1. The Morgan fingerprint density at radius 2 is 2.00 bits per heavy atom. The molecule has 1 N–H and O–H groups in total. The predicted molar refractivity (Wildman–Crippen MR) is 55.7 cm³/mol. The number of hydrogen-bond donors (Lipinski definition) is 1. The molecular weight excluding hydrogens is 164 g/mol. The molecule has 13 heavy (non-hydrogen) atoms. The second-order valence-electron chi connectivity index (χ2n) is 3.21. The fourth-order valence-corrected chi connectivity index (χ4v) is 1.30. The Kier molecular flexibility index (Phi) is 9.10. The van der Waals surface area contributed by atoms with Crippen molar-refractivity contribution in [3.8, 4) is 0 Å². The highest BCUT2D eigenvalue weighted by Crippen LogP contribution is 1.97. The van der Waals surface area contributed by atoms with Gasteiger partial charge in [0.05, 0.1) is 0 Å². The average molecular weight is 186 g/mol. The van der Waals surface area contributed by atoms with Crippen molar-refractivity contribution in [2.75, 3.05) is 26.2 Å². The van der Waals surface area contributed by atoms with Crippen LogP contribution in [0.4, 0.5) is 0 Å². The lowest BCUT2D eigenvalue weighted by Crippen LogP contribution is -2.32. The summed E-state index contributed by atoms with van der Waals surface area (Å²) in [6, 6.07) is 0. The summed E-state index contributed by atoms with van der Waals surface area (Å²) in [6.07, 6.45) is 4.60. The van der Waals surface area contributed by atoms with E-state index in [2.05, 4.69) is 24.1 Å². The van der Waals surface area contributed by atoms with E-state index in [0.717, 1.165) is 32.6 Å². The van der Waals surface area contributed by atoms with Gasteiger partial charge in [-0.05, 0) is 19.5 Å². The molecule has 3 nitrogen and oxygen atoms in total. The van der Waals surface area contributed by atoms with E-state index in [-0.39, 0.29) is 0 Å². The molecule has 0 aromatic heterocycles. The summed E-state index contributed by atoms with van der Waals surface area (Å²) in [5, 5.41) is 2.68. The summed E-state index contributed by atoms with van der Waals surface area (Å²) in [7, 11) is 0. The summed E-state index contributed by atoms with van der Waals surface area (Å²) in [6.45, 7) is 8.34. The molecule has 0 aliphatic heterocycles. The Morgan fingerprint density at radius 1 is 1.23 bits per heavy atom. The van der Waals surface area contributed by atoms with Crippen LogP contribution >= 0.6 is 0 Å². The first-order chi connectivity index (χ1) is 6.35. The van der Waals surface area contributed by atoms with Crippen molar-refractivity contribution in [3.05, 3.63) is 0 Å². The maximum absolute atomic E-state index is 10.0. The topological polar surface area (TPSA) is 32.3 Å². The van der Waals surface area contributed by atoms with Crippen molar-refractivity contribution in [3.63, 3.8) is 0 Å². The first kappa shape index (κ1) is 12.4. The maximum atomic E-state index is 10.0. The molecule has 0 aromatic rings. The summed E-state index contributed by atoms with van der Waals surface area (Å²) < 4.78 is 0. The van der Waals surface area contributed by atoms with Gasteiger partial charge in [0.25, 0.3) is 0 Å². The third-order valence-electron chi connectivity index (χ3n) is 2.18. The van der Waals surface area contributed by atoms with Crippen molar-refractivity contribution < 1.29 is 4.79 Å². The second-order valence-corrected chi connectivity index (χ2v) is 3.21. The largest absolute Gasteiger partial charge is 0.357 e. The van der Waals surface area contributed by atoms with E-state index in [1.54, 1.807) is 0 Å². The van der Waals surface area contributed by atoms with Crippen LogP contribution < -0.4 is 5.32 Å². The molecule has 0 atom stereocenters. The monoisotopic (exact) mass is 186 g/mol. The minimum Gasteiger partial charge on any atom is -0.357 e. The van der Waals surface area contributed by atoms with E-state index < -0.39 is 0 Å². The van der Waals surface area contributed by atoms with Gasteiger partial charge in [0.1, 0.15) is 0 Å². The lowest BCUT2D eigenvalue weighted by atomic mass is 10.2. The highest BCUT2D eigenvalue weighted by molar-refractivity contribution is 5.45. The van der Waals surface area contributed by atoms with Gasteiger partial charge in [-0.1, -0.05) is 26.7 Å². The fourth-order valence-electron chi connectivity index (χ4n) is 1.30. The van der Waals surface area contributed by atoms with Gasteiger partial charge in [-0.15, -0.1) is 0 Å². The van der Waals surface area contributed by atoms with Gasteiger partial charge < -0.3 is 10.2 Å². The minimum absolute atomic E-state index is 0.764. The molecule has 0 radical (unpaired) electrons. The maximum Gasteiger partial charge on any atom is 0.207 e. The van der Waals surface area contributed by atoms with Crippen LogP contribution in [0.3, 0.4) is 0 Å². The summed E-state index contributed by atoms with van der Waals surface area (Å²) in [5.74, 6) is 0. The van der Waals surface area contributed by atoms with Crippen LogP contribution in [0.25, 0.3) is 0 Å². The van der Waals surface area contributed by atoms with Crippen LogP contribution in [0.2, 0.25) is 0 Å². The van der Waals surface area contributed by atoms with Crippen molar-refractivity contribution in [2.45, 2.75) is 33.1 Å². The van der Waals surface area contributed by atoms with Gasteiger partial charge in [0, 0.05) is 13.1 Å². The van der Waals surface area contributed by atoms with Crippen LogP contribution in [-0.4, -0.2) is 37.5 Å². The molecular formula is C10H22N2O. The van der Waals surface area contributed by atoms with E-state index >= 15 is 0 Å². The predicted octanol–water partition coefficient (Wildman–Crippen LogP) is 1.24. The number of likely N-dealkylation sites (N-methyl/N-ethyl adjacent to an activating group) is 1. The molecule has 0 rings (SSSR count). The molecule has 78 valence electrons. The second kappa shape index (κ2) is 9.52. The van der Waals surface area contributed by atoms with Crippen molar-refractivity contribution in [1.82, 2.24) is 10.2 Å². The molecule has 0 aliphatic carbocycles. The first-order valence-electron chi connectivity index (χ1n) is 5.24. The van der Waals surface area contributed by atoms with Gasteiger partial charge >= 0.3 is 0 Å². The van der Waals surface area contributed by atoms with Gasteiger partial charge in [-0.2, -0.15) is 0 Å². The summed E-state index contributed by atoms with van der Waals surface area (Å²) in [5.41, 5.74) is 0. The molecule has 1 amide bonds. The van der Waals surface area contributed by atoms with Crippen LogP contribution in [-0.2, 0) is 4.79 Å². The van der Waals surface area contributed by atoms with E-state index in [1.165, 1.54) is 19.3 Å². The van der Waals surface area contributed by atoms with Crippen LogP contribution in [0.5, 0.6) is 0 Å². The van der Waals surface area contributed by atoms with Crippen LogP contribution in [0, 0.1) is 0 Å². The number of hydrogen-bond acceptors (Lipinski definition) is 2. The fraction of sp³-hybridized carbons (Fsp3) is 0.900. The Hall–Kier alpha value is -0.570. The summed E-state index contributed by atoms with van der Waals surface area (Å²) in [4.78, 5) is 12.4. The quantitative estimate of drug-likeness (QED) is 0.434. The number of carbonyl (C=O) groups is 1. The first-order valence-corrected chi connectivity index (χ1v) is 5.24. The average Bonchev–Trinajstić information content (AvgIpc) is 2.16. The highest BCUT2D eigenvalue weighted by atomic mass is 16.1. The van der Waals surface area contributed by atoms with Crippen molar-refractivity contribution in [1.29, 1.82) is 0 Å². The Balaban J connectivity index is 3.33. The molecule has 0 fully saturated rings. The lowest BCUT2D eigenvalue weighted by molar-refractivity contribution is -0.109. The zero-order valence-electron chi connectivity index (χ0n) is 8.88. The summed E-state index contributed by atoms with van der Waals surface area (Å²) >= 11 is 0. The van der Waals surface area contributed by atoms with Crippen molar-refractivity contribution in [2.24, 2.45) is 0 Å². The molecule has 0 bridgehead atoms. The number of unbranched alkanes of at least 4 members (excludes halogenated alkanes) is 2. The van der Waals surface area contributed by atoms with Gasteiger partial charge in [0.15, 0.2) is 0 Å². The molecule has 0 aromatic carbocycles. The minimum atomic E-state index is 0.764. The van der Waals surface area contributed by atoms with E-state index in [4.69, 9.17) is 0 Å². The number of carbonyl (C=O) groups excluding carboxylic acids is 1. The number of nitrogens with one attached hydrogen (secondary N) is 1. The van der Waals surface area contributed by atoms with E-state index in [9.17, 15) is 4.79 Å². The van der Waals surface area contributed by atoms with E-state index in [0.29, 0.717) is 0 Å². The zero-order chi connectivity index (χ0) is 9.94. The van der Waals surface area contributed by atoms with E-state index in [1.807, 2.05) is 0 Å². The standard InChI is InChI=1S/C10H22N2O/c1-3-5-6-8-12(4-2)9-7-11-10-13/h10H,3-9H2,1-2H3,(H,11,13). The third-order valence-corrected chi connectivity index (χ3v) is 2.18. The Morgan fingerprint density at radius 3 is 2.54 bits per heavy atom. The van der Waals surface area contributed by atoms with Gasteiger partial charge in [-0.3, -0.25) is 4.79 Å². The number of amides is 1. The molecule has 0 spiro atoms. The smallest absolute Gasteiger partial charge is 0.207 e. The van der Waals surface area contributed by atoms with Gasteiger partial charge in [0.2, 0.25) is 6.41 Å². The van der Waals surface area contributed by atoms with Crippen LogP contribution in [0.1, 0.15) is 33.1 Å². The lowest BCUT2D eigenvalue weighted by Gasteiger charge is -2.19. The van der Waals surface area contributed by atoms with Gasteiger partial charge in [-0.25, -0.2) is 0 Å². The van der Waals surface area contributed by atoms with Crippen LogP contribution in [0.15, 0.2) is 0 Å². The Bertz CT molecular complexity index is 117. The highest BCUT2D eigenvalue weighted by Gasteiger charge is 1.99. The molecule has 0 saturated heterocycles. The SMILES string of the molecule is CCCCCN(CC)CCNC=O. The Labute approximate surface area is 81.5 Å². The zero-order valence-corrected chi connectivity index (χ0v) is 8.88. The molecule has 0 unspecified atom stereocenters.